The number of amides is 1. The number of tetrazole rings is 1. The number of benzene rings is 2. The molecule has 2 heterocycles. The topological polar surface area (TPSA) is 96.2 Å². The third-order valence-electron chi connectivity index (χ3n) is 5.34. The monoisotopic (exact) mass is 406 g/mol. The van der Waals surface area contributed by atoms with Gasteiger partial charge in [-0.05, 0) is 60.0 Å². The number of β-amino-alcohol motifs (C(OH)–C–C–N with tert-alkyl or cyclic N) is 1. The van der Waals surface area contributed by atoms with Crippen LogP contribution in [-0.2, 0) is 0 Å². The Hall–Kier alpha value is -3.10. The van der Waals surface area contributed by atoms with E-state index < -0.39 is 0 Å². The first kappa shape index (κ1) is 20.2. The summed E-state index contributed by atoms with van der Waals surface area (Å²) in [6.07, 6.45) is 2.03. The molecular formula is C22H26N6O2. The van der Waals surface area contributed by atoms with Crippen LogP contribution < -0.4 is 5.32 Å². The van der Waals surface area contributed by atoms with Gasteiger partial charge in [0.1, 0.15) is 6.33 Å². The van der Waals surface area contributed by atoms with Crippen molar-refractivity contribution in [3.63, 3.8) is 0 Å². The van der Waals surface area contributed by atoms with E-state index in [2.05, 4.69) is 25.7 Å². The molecule has 30 heavy (non-hydrogen) atoms. The lowest BCUT2D eigenvalue weighted by Crippen LogP contribution is -2.41. The predicted molar refractivity (Wildman–Crippen MR) is 113 cm³/mol. The van der Waals surface area contributed by atoms with Crippen molar-refractivity contribution in [2.45, 2.75) is 32.4 Å². The second-order valence-corrected chi connectivity index (χ2v) is 7.97. The van der Waals surface area contributed by atoms with Crippen molar-refractivity contribution in [3.05, 3.63) is 59.9 Å². The van der Waals surface area contributed by atoms with Crippen LogP contribution >= 0.6 is 0 Å². The van der Waals surface area contributed by atoms with E-state index in [-0.39, 0.29) is 18.1 Å². The van der Waals surface area contributed by atoms with Gasteiger partial charge in [-0.1, -0.05) is 29.8 Å². The van der Waals surface area contributed by atoms with Gasteiger partial charge in [-0.15, -0.1) is 5.10 Å². The standard InChI is InChI=1S/C22H26N6O2/c1-15-3-5-17(6-4-15)18-9-19(11-20(10-18)28-14-23-25-26-28)22(30)24-16(2)12-27-8-7-21(29)13-27/h3-6,9-11,14,16,21,29H,7-8,12-13H2,1-2H3,(H,24,30)/t16-,21?/m1/s1. The number of hydrogen-bond donors (Lipinski definition) is 2. The second-order valence-electron chi connectivity index (χ2n) is 7.97. The van der Waals surface area contributed by atoms with E-state index >= 15 is 0 Å². The van der Waals surface area contributed by atoms with E-state index in [0.717, 1.165) is 29.8 Å². The molecule has 1 fully saturated rings. The lowest BCUT2D eigenvalue weighted by Gasteiger charge is -2.21. The summed E-state index contributed by atoms with van der Waals surface area (Å²) in [6.45, 7) is 6.25. The van der Waals surface area contributed by atoms with Gasteiger partial charge in [0.2, 0.25) is 0 Å². The number of aliphatic hydroxyl groups is 1. The fourth-order valence-electron chi connectivity index (χ4n) is 3.78. The second kappa shape index (κ2) is 8.73. The molecule has 4 rings (SSSR count). The van der Waals surface area contributed by atoms with Crippen LogP contribution in [0.2, 0.25) is 0 Å². The van der Waals surface area contributed by atoms with Crippen molar-refractivity contribution < 1.29 is 9.90 Å². The van der Waals surface area contributed by atoms with E-state index in [1.807, 2.05) is 50.2 Å². The Morgan fingerprint density at radius 2 is 2.03 bits per heavy atom. The van der Waals surface area contributed by atoms with Crippen molar-refractivity contribution in [2.24, 2.45) is 0 Å². The minimum Gasteiger partial charge on any atom is -0.392 e. The highest BCUT2D eigenvalue weighted by Crippen LogP contribution is 2.24. The van der Waals surface area contributed by atoms with Crippen LogP contribution in [-0.4, -0.2) is 67.9 Å². The van der Waals surface area contributed by atoms with Gasteiger partial charge in [0.15, 0.2) is 0 Å². The van der Waals surface area contributed by atoms with Crippen molar-refractivity contribution in [1.82, 2.24) is 30.4 Å². The van der Waals surface area contributed by atoms with Crippen LogP contribution in [0.4, 0.5) is 0 Å². The summed E-state index contributed by atoms with van der Waals surface area (Å²) in [5.74, 6) is -0.148. The first-order chi connectivity index (χ1) is 14.5. The maximum absolute atomic E-state index is 13.0. The predicted octanol–water partition coefficient (Wildman–Crippen LogP) is 1.82. The molecule has 2 N–H and O–H groups in total. The van der Waals surface area contributed by atoms with Crippen LogP contribution in [0.1, 0.15) is 29.3 Å². The highest BCUT2D eigenvalue weighted by Gasteiger charge is 2.22. The maximum atomic E-state index is 13.0. The molecule has 1 aromatic heterocycles. The van der Waals surface area contributed by atoms with Crippen LogP contribution in [0.15, 0.2) is 48.8 Å². The molecule has 0 radical (unpaired) electrons. The Morgan fingerprint density at radius 1 is 1.23 bits per heavy atom. The number of nitrogens with zero attached hydrogens (tertiary/aromatic N) is 5. The number of carbonyl (C=O) groups is 1. The third kappa shape index (κ3) is 4.72. The Balaban J connectivity index is 1.58. The summed E-state index contributed by atoms with van der Waals surface area (Å²) in [5.41, 5.74) is 4.38. The minimum absolute atomic E-state index is 0.0395. The lowest BCUT2D eigenvalue weighted by atomic mass is 10.0. The largest absolute Gasteiger partial charge is 0.392 e. The normalized spacial score (nSPS) is 17.8. The summed E-state index contributed by atoms with van der Waals surface area (Å²) >= 11 is 0. The summed E-state index contributed by atoms with van der Waals surface area (Å²) in [7, 11) is 0. The molecule has 0 spiro atoms. The van der Waals surface area contributed by atoms with Crippen molar-refractivity contribution in [2.75, 3.05) is 19.6 Å². The number of nitrogens with one attached hydrogen (secondary N) is 1. The van der Waals surface area contributed by atoms with Gasteiger partial charge in [0.25, 0.3) is 5.91 Å². The maximum Gasteiger partial charge on any atom is 0.251 e. The van der Waals surface area contributed by atoms with Gasteiger partial charge < -0.3 is 10.4 Å². The van der Waals surface area contributed by atoms with Crippen LogP contribution in [0.25, 0.3) is 16.8 Å². The van der Waals surface area contributed by atoms with Crippen LogP contribution in [0.3, 0.4) is 0 Å². The molecule has 8 nitrogen and oxygen atoms in total. The highest BCUT2D eigenvalue weighted by atomic mass is 16.3. The average molecular weight is 406 g/mol. The van der Waals surface area contributed by atoms with E-state index in [9.17, 15) is 9.90 Å². The Kier molecular flexibility index (Phi) is 5.87. The molecule has 8 heteroatoms. The zero-order valence-corrected chi connectivity index (χ0v) is 17.2. The summed E-state index contributed by atoms with van der Waals surface area (Å²) in [4.78, 5) is 15.2. The molecule has 0 saturated carbocycles. The van der Waals surface area contributed by atoms with Gasteiger partial charge in [0.05, 0.1) is 11.8 Å². The summed E-state index contributed by atoms with van der Waals surface area (Å²) < 4.78 is 1.55. The van der Waals surface area contributed by atoms with Gasteiger partial charge >= 0.3 is 0 Å². The third-order valence-corrected chi connectivity index (χ3v) is 5.34. The van der Waals surface area contributed by atoms with Gasteiger partial charge in [-0.3, -0.25) is 9.69 Å². The lowest BCUT2D eigenvalue weighted by molar-refractivity contribution is 0.0930. The van der Waals surface area contributed by atoms with Gasteiger partial charge in [-0.25, -0.2) is 4.68 Å². The molecule has 1 unspecified atom stereocenters. The minimum atomic E-state index is -0.266. The fourth-order valence-corrected chi connectivity index (χ4v) is 3.78. The molecule has 2 atom stereocenters. The van der Waals surface area contributed by atoms with Gasteiger partial charge in [0, 0.05) is 31.2 Å². The van der Waals surface area contributed by atoms with E-state index in [1.165, 1.54) is 11.9 Å². The number of likely N-dealkylation sites (tertiary alicyclic amines) is 1. The van der Waals surface area contributed by atoms with E-state index in [0.29, 0.717) is 18.7 Å². The number of aliphatic hydroxyl groups excluding tert-OH is 1. The molecular weight excluding hydrogens is 380 g/mol. The molecule has 0 bridgehead atoms. The highest BCUT2D eigenvalue weighted by molar-refractivity contribution is 5.96. The van der Waals surface area contributed by atoms with E-state index in [1.54, 1.807) is 10.7 Å². The zero-order valence-electron chi connectivity index (χ0n) is 17.2. The summed E-state index contributed by atoms with van der Waals surface area (Å²) in [6, 6.07) is 13.8. The molecule has 1 amide bonds. The molecule has 2 aromatic carbocycles. The molecule has 156 valence electrons. The smallest absolute Gasteiger partial charge is 0.251 e. The number of hydrogen-bond acceptors (Lipinski definition) is 6. The van der Waals surface area contributed by atoms with E-state index in [4.69, 9.17) is 0 Å². The molecule has 1 aliphatic heterocycles. The van der Waals surface area contributed by atoms with Crippen LogP contribution in [0, 0.1) is 6.92 Å². The van der Waals surface area contributed by atoms with Gasteiger partial charge in [-0.2, -0.15) is 0 Å². The zero-order chi connectivity index (χ0) is 21.1. The molecule has 3 aromatic rings. The SMILES string of the molecule is Cc1ccc(-c2cc(C(=O)N[C@H](C)CN3CCC(O)C3)cc(-n3cnnn3)c2)cc1. The Bertz CT molecular complexity index is 1000. The first-order valence-corrected chi connectivity index (χ1v) is 10.1. The number of rotatable bonds is 6. The van der Waals surface area contributed by atoms with Crippen LogP contribution in [0.5, 0.6) is 0 Å². The average Bonchev–Trinajstić information content (AvgIpc) is 3.40. The first-order valence-electron chi connectivity index (χ1n) is 10.1. The molecule has 1 saturated heterocycles. The number of aromatic nitrogens is 4. The van der Waals surface area contributed by atoms with Crippen molar-refractivity contribution in [1.29, 1.82) is 0 Å². The number of aryl methyl sites for hydroxylation is 1. The van der Waals surface area contributed by atoms with Crippen molar-refractivity contribution >= 4 is 5.91 Å². The summed E-state index contributed by atoms with van der Waals surface area (Å²) in [5, 5.41) is 24.2. The molecule has 0 aliphatic carbocycles. The Labute approximate surface area is 175 Å². The quantitative estimate of drug-likeness (QED) is 0.648. The van der Waals surface area contributed by atoms with Crippen molar-refractivity contribution in [3.8, 4) is 16.8 Å². The number of carbonyl (C=O) groups excluding carboxylic acids is 1. The fraction of sp³-hybridized carbons (Fsp3) is 0.364. The molecule has 1 aliphatic rings. The Morgan fingerprint density at radius 3 is 2.70 bits per heavy atom.